The standard InChI is InChI=1S/C20H31NO2S/c1-24-20-8-3-2-7-19(20)21-14-16-5-4-6-17(13-16)15-23-18-9-11-22-12-10-18/h4-6,13,18-21H,2-3,7-12,14-15H2,1H3/t19-,20-/m0/s1. The zero-order valence-corrected chi connectivity index (χ0v) is 15.7. The van der Waals surface area contributed by atoms with E-state index in [0.29, 0.717) is 12.1 Å². The Morgan fingerprint density at radius 2 is 1.92 bits per heavy atom. The maximum atomic E-state index is 6.05. The molecule has 3 rings (SSSR count). The molecule has 0 spiro atoms. The van der Waals surface area contributed by atoms with Crippen molar-refractivity contribution in [3.05, 3.63) is 35.4 Å². The fourth-order valence-corrected chi connectivity index (χ4v) is 4.71. The lowest BCUT2D eigenvalue weighted by Gasteiger charge is -2.31. The molecule has 1 aliphatic heterocycles. The van der Waals surface area contributed by atoms with Crippen molar-refractivity contribution in [2.45, 2.75) is 69.1 Å². The van der Waals surface area contributed by atoms with Crippen molar-refractivity contribution in [1.29, 1.82) is 0 Å². The second kappa shape index (κ2) is 9.81. The minimum Gasteiger partial charge on any atom is -0.381 e. The number of hydrogen-bond donors (Lipinski definition) is 1. The van der Waals surface area contributed by atoms with E-state index in [1.165, 1.54) is 36.8 Å². The molecule has 24 heavy (non-hydrogen) atoms. The van der Waals surface area contributed by atoms with E-state index >= 15 is 0 Å². The molecule has 2 aliphatic rings. The smallest absolute Gasteiger partial charge is 0.0720 e. The Kier molecular flexibility index (Phi) is 7.46. The first kappa shape index (κ1) is 18.2. The molecule has 1 aromatic carbocycles. The summed E-state index contributed by atoms with van der Waals surface area (Å²) in [7, 11) is 0. The highest BCUT2D eigenvalue weighted by atomic mass is 32.2. The van der Waals surface area contributed by atoms with Gasteiger partial charge < -0.3 is 14.8 Å². The van der Waals surface area contributed by atoms with Gasteiger partial charge in [0, 0.05) is 31.1 Å². The third kappa shape index (κ3) is 5.48. The van der Waals surface area contributed by atoms with Crippen LogP contribution in [-0.4, -0.2) is 36.9 Å². The van der Waals surface area contributed by atoms with E-state index in [-0.39, 0.29) is 0 Å². The van der Waals surface area contributed by atoms with Gasteiger partial charge in [0.1, 0.15) is 0 Å². The molecule has 134 valence electrons. The van der Waals surface area contributed by atoms with Crippen molar-refractivity contribution >= 4 is 11.8 Å². The summed E-state index contributed by atoms with van der Waals surface area (Å²) in [4.78, 5) is 0. The lowest BCUT2D eigenvalue weighted by atomic mass is 9.94. The normalized spacial score (nSPS) is 25.7. The maximum Gasteiger partial charge on any atom is 0.0720 e. The molecule has 0 radical (unpaired) electrons. The molecular weight excluding hydrogens is 318 g/mol. The molecule has 1 saturated carbocycles. The van der Waals surface area contributed by atoms with Gasteiger partial charge >= 0.3 is 0 Å². The highest BCUT2D eigenvalue weighted by molar-refractivity contribution is 7.99. The summed E-state index contributed by atoms with van der Waals surface area (Å²) in [5.74, 6) is 0. The summed E-state index contributed by atoms with van der Waals surface area (Å²) in [6.07, 6.45) is 10.1. The third-order valence-electron chi connectivity index (χ3n) is 5.22. The molecule has 1 aliphatic carbocycles. The molecule has 0 unspecified atom stereocenters. The van der Waals surface area contributed by atoms with Crippen LogP contribution in [0.3, 0.4) is 0 Å². The lowest BCUT2D eigenvalue weighted by Crippen LogP contribution is -2.39. The van der Waals surface area contributed by atoms with Gasteiger partial charge in [-0.3, -0.25) is 0 Å². The van der Waals surface area contributed by atoms with E-state index in [1.54, 1.807) is 0 Å². The van der Waals surface area contributed by atoms with Crippen LogP contribution in [0.4, 0.5) is 0 Å². The van der Waals surface area contributed by atoms with Crippen molar-refractivity contribution in [3.8, 4) is 0 Å². The van der Waals surface area contributed by atoms with Gasteiger partial charge in [-0.15, -0.1) is 0 Å². The van der Waals surface area contributed by atoms with Gasteiger partial charge in [-0.05, 0) is 43.1 Å². The second-order valence-corrected chi connectivity index (χ2v) is 8.07. The zero-order chi connectivity index (χ0) is 16.6. The van der Waals surface area contributed by atoms with Crippen molar-refractivity contribution in [2.24, 2.45) is 0 Å². The Bertz CT molecular complexity index is 490. The Labute approximate surface area is 150 Å². The van der Waals surface area contributed by atoms with Crippen molar-refractivity contribution in [3.63, 3.8) is 0 Å². The van der Waals surface area contributed by atoms with E-state index in [0.717, 1.165) is 44.5 Å². The SMILES string of the molecule is CS[C@H]1CCCC[C@@H]1NCc1cccc(COC2CCOCC2)c1. The summed E-state index contributed by atoms with van der Waals surface area (Å²) in [6.45, 7) is 3.36. The van der Waals surface area contributed by atoms with E-state index in [1.807, 2.05) is 11.8 Å². The highest BCUT2D eigenvalue weighted by Gasteiger charge is 2.23. The Morgan fingerprint density at radius 3 is 2.75 bits per heavy atom. The maximum absolute atomic E-state index is 6.05. The Balaban J connectivity index is 1.47. The number of benzene rings is 1. The average Bonchev–Trinajstić information content (AvgIpc) is 2.66. The Morgan fingerprint density at radius 1 is 1.12 bits per heavy atom. The fraction of sp³-hybridized carbons (Fsp3) is 0.700. The molecule has 2 atom stereocenters. The minimum absolute atomic E-state index is 0.366. The molecule has 4 heteroatoms. The van der Waals surface area contributed by atoms with Gasteiger partial charge in [0.2, 0.25) is 0 Å². The fourth-order valence-electron chi connectivity index (χ4n) is 3.75. The van der Waals surface area contributed by atoms with E-state index in [2.05, 4.69) is 35.8 Å². The number of hydrogen-bond acceptors (Lipinski definition) is 4. The molecule has 0 bridgehead atoms. The molecule has 1 heterocycles. The van der Waals surface area contributed by atoms with Crippen molar-refractivity contribution in [2.75, 3.05) is 19.5 Å². The molecule has 0 aromatic heterocycles. The van der Waals surface area contributed by atoms with Crippen LogP contribution in [0.5, 0.6) is 0 Å². The Hall–Kier alpha value is -0.550. The van der Waals surface area contributed by atoms with Crippen LogP contribution < -0.4 is 5.32 Å². The summed E-state index contributed by atoms with van der Waals surface area (Å²) in [5.41, 5.74) is 2.65. The molecule has 2 fully saturated rings. The molecule has 1 saturated heterocycles. The van der Waals surface area contributed by atoms with Gasteiger partial charge in [-0.1, -0.05) is 37.1 Å². The molecule has 3 nitrogen and oxygen atoms in total. The number of thioether (sulfide) groups is 1. The number of rotatable bonds is 7. The van der Waals surface area contributed by atoms with Crippen LogP contribution in [0.2, 0.25) is 0 Å². The molecule has 1 N–H and O–H groups in total. The summed E-state index contributed by atoms with van der Waals surface area (Å²) < 4.78 is 11.4. The predicted octanol–water partition coefficient (Wildman–Crippen LogP) is 4.15. The first-order chi connectivity index (χ1) is 11.8. The van der Waals surface area contributed by atoms with Gasteiger partial charge in [0.05, 0.1) is 12.7 Å². The highest BCUT2D eigenvalue weighted by Crippen LogP contribution is 2.27. The van der Waals surface area contributed by atoms with Crippen LogP contribution >= 0.6 is 11.8 Å². The largest absolute Gasteiger partial charge is 0.381 e. The van der Waals surface area contributed by atoms with Gasteiger partial charge in [-0.25, -0.2) is 0 Å². The summed E-state index contributed by atoms with van der Waals surface area (Å²) in [5, 5.41) is 4.57. The monoisotopic (exact) mass is 349 g/mol. The first-order valence-electron chi connectivity index (χ1n) is 9.38. The number of ether oxygens (including phenoxy) is 2. The van der Waals surface area contributed by atoms with Gasteiger partial charge in [-0.2, -0.15) is 11.8 Å². The van der Waals surface area contributed by atoms with E-state index in [4.69, 9.17) is 9.47 Å². The van der Waals surface area contributed by atoms with Gasteiger partial charge in [0.25, 0.3) is 0 Å². The molecule has 0 amide bonds. The summed E-state index contributed by atoms with van der Waals surface area (Å²) >= 11 is 2.02. The van der Waals surface area contributed by atoms with E-state index < -0.39 is 0 Å². The topological polar surface area (TPSA) is 30.5 Å². The van der Waals surface area contributed by atoms with Crippen molar-refractivity contribution in [1.82, 2.24) is 5.32 Å². The molecule has 1 aromatic rings. The first-order valence-corrected chi connectivity index (χ1v) is 10.7. The van der Waals surface area contributed by atoms with Gasteiger partial charge in [0.15, 0.2) is 0 Å². The predicted molar refractivity (Wildman–Crippen MR) is 101 cm³/mol. The number of nitrogens with one attached hydrogen (secondary N) is 1. The average molecular weight is 350 g/mol. The van der Waals surface area contributed by atoms with E-state index in [9.17, 15) is 0 Å². The second-order valence-electron chi connectivity index (χ2n) is 6.99. The van der Waals surface area contributed by atoms with Crippen LogP contribution in [-0.2, 0) is 22.6 Å². The van der Waals surface area contributed by atoms with Crippen LogP contribution in [0, 0.1) is 0 Å². The zero-order valence-electron chi connectivity index (χ0n) is 14.8. The van der Waals surface area contributed by atoms with Crippen molar-refractivity contribution < 1.29 is 9.47 Å². The molecular formula is C20H31NO2S. The van der Waals surface area contributed by atoms with Crippen LogP contribution in [0.25, 0.3) is 0 Å². The summed E-state index contributed by atoms with van der Waals surface area (Å²) in [6, 6.07) is 9.52. The minimum atomic E-state index is 0.366. The van der Waals surface area contributed by atoms with Crippen LogP contribution in [0.1, 0.15) is 49.7 Å². The van der Waals surface area contributed by atoms with Crippen LogP contribution in [0.15, 0.2) is 24.3 Å². The lowest BCUT2D eigenvalue weighted by molar-refractivity contribution is -0.0390. The quantitative estimate of drug-likeness (QED) is 0.801. The third-order valence-corrected chi connectivity index (χ3v) is 6.39.